The van der Waals surface area contributed by atoms with Crippen LogP contribution >= 0.6 is 12.6 Å². The first-order valence-corrected chi connectivity index (χ1v) is 5.22. The van der Waals surface area contributed by atoms with Gasteiger partial charge in [0, 0.05) is 12.2 Å². The van der Waals surface area contributed by atoms with Gasteiger partial charge in [-0.15, -0.1) is 0 Å². The maximum absolute atomic E-state index is 10.9. The summed E-state index contributed by atoms with van der Waals surface area (Å²) in [7, 11) is 0. The molecule has 12 heavy (non-hydrogen) atoms. The van der Waals surface area contributed by atoms with Crippen molar-refractivity contribution in [2.24, 2.45) is 0 Å². The molecule has 0 aliphatic heterocycles. The largest absolute Gasteiger partial charge is 0.304 e. The molecule has 0 aliphatic rings. The second kappa shape index (κ2) is 7.62. The predicted molar refractivity (Wildman–Crippen MR) is 55.9 cm³/mol. The van der Waals surface area contributed by atoms with Crippen LogP contribution in [0, 0.1) is 0 Å². The van der Waals surface area contributed by atoms with Crippen LogP contribution in [0.5, 0.6) is 0 Å². The van der Waals surface area contributed by atoms with E-state index in [2.05, 4.69) is 31.4 Å². The molecule has 0 N–H and O–H groups in total. The molecule has 0 saturated carbocycles. The third-order valence-corrected chi connectivity index (χ3v) is 2.35. The number of hydrogen-bond acceptors (Lipinski definition) is 3. The molecule has 0 fully saturated rings. The van der Waals surface area contributed by atoms with Crippen LogP contribution in [-0.4, -0.2) is 36.1 Å². The molecule has 72 valence electrons. The Hall–Kier alpha value is -0.0200. The summed E-state index contributed by atoms with van der Waals surface area (Å²) in [6.07, 6.45) is 1.65. The fourth-order valence-electron chi connectivity index (χ4n) is 1.12. The Balaban J connectivity index is 3.34. The number of Topliss-reactive ketones (excluding diaryl/α,β-unsaturated/α-hetero) is 1. The SMILES string of the molecule is CCN(CC)CCCC(=O)CS. The third kappa shape index (κ3) is 5.61. The van der Waals surface area contributed by atoms with E-state index in [0.717, 1.165) is 26.1 Å². The smallest absolute Gasteiger partial charge is 0.142 e. The Morgan fingerprint density at radius 1 is 1.33 bits per heavy atom. The van der Waals surface area contributed by atoms with Crippen LogP contribution in [-0.2, 0) is 4.79 Å². The van der Waals surface area contributed by atoms with E-state index in [0.29, 0.717) is 12.2 Å². The van der Waals surface area contributed by atoms with Gasteiger partial charge in [0.2, 0.25) is 0 Å². The lowest BCUT2D eigenvalue weighted by molar-refractivity contribution is -0.116. The second-order valence-electron chi connectivity index (χ2n) is 2.83. The average molecular weight is 189 g/mol. The number of thiol groups is 1. The van der Waals surface area contributed by atoms with Gasteiger partial charge in [-0.25, -0.2) is 0 Å². The highest BCUT2D eigenvalue weighted by atomic mass is 32.1. The van der Waals surface area contributed by atoms with Gasteiger partial charge in [0.05, 0.1) is 0 Å². The Kier molecular flexibility index (Phi) is 7.61. The highest BCUT2D eigenvalue weighted by Crippen LogP contribution is 1.96. The predicted octanol–water partition coefficient (Wildman–Crippen LogP) is 1.61. The molecule has 2 nitrogen and oxygen atoms in total. The van der Waals surface area contributed by atoms with Crippen LogP contribution in [0.4, 0.5) is 0 Å². The molecule has 0 heterocycles. The van der Waals surface area contributed by atoms with E-state index in [1.807, 2.05) is 0 Å². The Morgan fingerprint density at radius 2 is 1.92 bits per heavy atom. The van der Waals surface area contributed by atoms with Crippen LogP contribution in [0.25, 0.3) is 0 Å². The van der Waals surface area contributed by atoms with Gasteiger partial charge < -0.3 is 4.90 Å². The summed E-state index contributed by atoms with van der Waals surface area (Å²) in [4.78, 5) is 13.2. The molecule has 0 aliphatic carbocycles. The van der Waals surface area contributed by atoms with Gasteiger partial charge in [0.1, 0.15) is 5.78 Å². The van der Waals surface area contributed by atoms with Crippen LogP contribution in [0.15, 0.2) is 0 Å². The van der Waals surface area contributed by atoms with Crippen LogP contribution < -0.4 is 0 Å². The molecule has 0 amide bonds. The fourth-order valence-corrected chi connectivity index (χ4v) is 1.28. The van der Waals surface area contributed by atoms with Crippen molar-refractivity contribution in [2.75, 3.05) is 25.4 Å². The summed E-state index contributed by atoms with van der Waals surface area (Å²) in [6.45, 7) is 7.47. The molecular formula is C9H19NOS. The van der Waals surface area contributed by atoms with Gasteiger partial charge in [0.15, 0.2) is 0 Å². The van der Waals surface area contributed by atoms with Crippen molar-refractivity contribution in [3.8, 4) is 0 Å². The minimum atomic E-state index is 0.255. The summed E-state index contributed by atoms with van der Waals surface area (Å²) in [5.74, 6) is 0.642. The summed E-state index contributed by atoms with van der Waals surface area (Å²) in [5, 5.41) is 0. The van der Waals surface area contributed by atoms with Crippen LogP contribution in [0.1, 0.15) is 26.7 Å². The Labute approximate surface area is 80.7 Å². The van der Waals surface area contributed by atoms with Gasteiger partial charge in [0.25, 0.3) is 0 Å². The summed E-state index contributed by atoms with van der Waals surface area (Å²) in [6, 6.07) is 0. The van der Waals surface area contributed by atoms with Crippen molar-refractivity contribution in [2.45, 2.75) is 26.7 Å². The molecule has 3 heteroatoms. The average Bonchev–Trinajstić information content (AvgIpc) is 2.12. The molecule has 0 rings (SSSR count). The van der Waals surface area contributed by atoms with Gasteiger partial charge in [-0.05, 0) is 26.1 Å². The molecule has 0 aromatic rings. The fraction of sp³-hybridized carbons (Fsp3) is 0.889. The molecule has 0 aromatic heterocycles. The van der Waals surface area contributed by atoms with Gasteiger partial charge in [-0.2, -0.15) is 12.6 Å². The molecule has 0 spiro atoms. The second-order valence-corrected chi connectivity index (χ2v) is 3.14. The molecule has 0 atom stereocenters. The molecular weight excluding hydrogens is 170 g/mol. The van der Waals surface area contributed by atoms with E-state index < -0.39 is 0 Å². The van der Waals surface area contributed by atoms with E-state index >= 15 is 0 Å². The monoisotopic (exact) mass is 189 g/mol. The van der Waals surface area contributed by atoms with E-state index in [4.69, 9.17) is 0 Å². The molecule has 0 saturated heterocycles. The first kappa shape index (κ1) is 12.0. The topological polar surface area (TPSA) is 20.3 Å². The summed E-state index contributed by atoms with van der Waals surface area (Å²) in [5.41, 5.74) is 0. The van der Waals surface area contributed by atoms with Crippen molar-refractivity contribution < 1.29 is 4.79 Å². The van der Waals surface area contributed by atoms with Crippen molar-refractivity contribution in [3.63, 3.8) is 0 Å². The van der Waals surface area contributed by atoms with E-state index in [-0.39, 0.29) is 5.78 Å². The summed E-state index contributed by atoms with van der Waals surface area (Å²) < 4.78 is 0. The third-order valence-electron chi connectivity index (χ3n) is 2.00. The van der Waals surface area contributed by atoms with Gasteiger partial charge in [-0.1, -0.05) is 13.8 Å². The maximum Gasteiger partial charge on any atom is 0.142 e. The molecule has 0 aromatic carbocycles. The molecule has 0 bridgehead atoms. The highest BCUT2D eigenvalue weighted by molar-refractivity contribution is 7.81. The van der Waals surface area contributed by atoms with E-state index in [1.54, 1.807) is 0 Å². The first-order chi connectivity index (χ1) is 5.74. The van der Waals surface area contributed by atoms with Crippen molar-refractivity contribution in [1.82, 2.24) is 4.90 Å². The zero-order valence-electron chi connectivity index (χ0n) is 8.05. The van der Waals surface area contributed by atoms with Crippen molar-refractivity contribution in [1.29, 1.82) is 0 Å². The number of carbonyl (C=O) groups is 1. The quantitative estimate of drug-likeness (QED) is 0.614. The number of nitrogens with zero attached hydrogens (tertiary/aromatic N) is 1. The lowest BCUT2D eigenvalue weighted by Gasteiger charge is -2.16. The van der Waals surface area contributed by atoms with Crippen LogP contribution in [0.3, 0.4) is 0 Å². The minimum absolute atomic E-state index is 0.255. The lowest BCUT2D eigenvalue weighted by Crippen LogP contribution is -2.24. The summed E-state index contributed by atoms with van der Waals surface area (Å²) >= 11 is 3.92. The lowest BCUT2D eigenvalue weighted by atomic mass is 10.2. The number of ketones is 1. The van der Waals surface area contributed by atoms with Crippen molar-refractivity contribution >= 4 is 18.4 Å². The molecule has 0 unspecified atom stereocenters. The molecule has 0 radical (unpaired) electrons. The number of rotatable bonds is 7. The van der Waals surface area contributed by atoms with Gasteiger partial charge >= 0.3 is 0 Å². The van der Waals surface area contributed by atoms with Crippen LogP contribution in [0.2, 0.25) is 0 Å². The normalized spacial score (nSPS) is 10.7. The minimum Gasteiger partial charge on any atom is -0.304 e. The van der Waals surface area contributed by atoms with E-state index in [9.17, 15) is 4.79 Å². The van der Waals surface area contributed by atoms with Crippen molar-refractivity contribution in [3.05, 3.63) is 0 Å². The highest BCUT2D eigenvalue weighted by Gasteiger charge is 2.01. The van der Waals surface area contributed by atoms with Gasteiger partial charge in [-0.3, -0.25) is 4.79 Å². The Morgan fingerprint density at radius 3 is 2.33 bits per heavy atom. The zero-order valence-corrected chi connectivity index (χ0v) is 8.94. The number of carbonyl (C=O) groups excluding carboxylic acids is 1. The Bertz CT molecular complexity index is 124. The zero-order chi connectivity index (χ0) is 9.40. The maximum atomic E-state index is 10.9. The standard InChI is InChI=1S/C9H19NOS/c1-3-10(4-2)7-5-6-9(11)8-12/h12H,3-8H2,1-2H3. The number of hydrogen-bond donors (Lipinski definition) is 1. The van der Waals surface area contributed by atoms with E-state index in [1.165, 1.54) is 0 Å². The first-order valence-electron chi connectivity index (χ1n) is 4.59.